The van der Waals surface area contributed by atoms with E-state index in [0.717, 1.165) is 0 Å². The van der Waals surface area contributed by atoms with Gasteiger partial charge in [0.15, 0.2) is 5.65 Å². The van der Waals surface area contributed by atoms with E-state index < -0.39 is 11.6 Å². The van der Waals surface area contributed by atoms with Crippen LogP contribution in [0.3, 0.4) is 0 Å². The Hall–Kier alpha value is -2.24. The van der Waals surface area contributed by atoms with Crippen LogP contribution < -0.4 is 0 Å². The first kappa shape index (κ1) is 12.8. The number of fused-ring (bicyclic) bond motifs is 1. The molecule has 0 amide bonds. The van der Waals surface area contributed by atoms with Crippen LogP contribution in [0.25, 0.3) is 22.6 Å². The summed E-state index contributed by atoms with van der Waals surface area (Å²) in [5, 5.41) is 4.21. The summed E-state index contributed by atoms with van der Waals surface area (Å²) >= 11 is 0. The highest BCUT2D eigenvalue weighted by molar-refractivity contribution is 5.76. The molecule has 3 rings (SSSR count). The molecule has 6 heteroatoms. The number of aromatic nitrogens is 4. The average molecular weight is 276 g/mol. The topological polar surface area (TPSA) is 46.5 Å². The predicted molar refractivity (Wildman–Crippen MR) is 72.1 cm³/mol. The minimum Gasteiger partial charge on any atom is -0.335 e. The molecule has 1 aromatic carbocycles. The van der Waals surface area contributed by atoms with Crippen molar-refractivity contribution < 1.29 is 8.78 Å². The van der Waals surface area contributed by atoms with E-state index in [2.05, 4.69) is 28.9 Å². The molecule has 0 unspecified atom stereocenters. The number of hydrogen-bond donors (Lipinski definition) is 1. The molecule has 0 spiro atoms. The number of benzene rings is 1. The van der Waals surface area contributed by atoms with Crippen molar-refractivity contribution in [3.8, 4) is 11.4 Å². The number of halogens is 2. The molecule has 0 atom stereocenters. The van der Waals surface area contributed by atoms with Crippen LogP contribution in [0.4, 0.5) is 8.78 Å². The van der Waals surface area contributed by atoms with Crippen LogP contribution in [-0.2, 0) is 6.54 Å². The van der Waals surface area contributed by atoms with Crippen LogP contribution in [0.1, 0.15) is 13.8 Å². The smallest absolute Gasteiger partial charge is 0.176 e. The fraction of sp³-hybridized carbons (Fsp3) is 0.286. The van der Waals surface area contributed by atoms with Crippen molar-refractivity contribution in [1.29, 1.82) is 0 Å². The Balaban J connectivity index is 2.12. The Morgan fingerprint density at radius 1 is 1.25 bits per heavy atom. The van der Waals surface area contributed by atoms with E-state index in [-0.39, 0.29) is 11.4 Å². The Morgan fingerprint density at radius 3 is 2.60 bits per heavy atom. The van der Waals surface area contributed by atoms with Crippen LogP contribution in [-0.4, -0.2) is 19.7 Å². The number of imidazole rings is 1. The van der Waals surface area contributed by atoms with Gasteiger partial charge < -0.3 is 4.98 Å². The summed E-state index contributed by atoms with van der Waals surface area (Å²) in [4.78, 5) is 7.20. The maximum atomic E-state index is 13.8. The lowest BCUT2D eigenvalue weighted by molar-refractivity contribution is 0.492. The number of hydrogen-bond acceptors (Lipinski definition) is 2. The molecule has 0 aliphatic heterocycles. The van der Waals surface area contributed by atoms with Gasteiger partial charge >= 0.3 is 0 Å². The molecule has 0 saturated carbocycles. The average Bonchev–Trinajstić information content (AvgIpc) is 2.91. The zero-order valence-electron chi connectivity index (χ0n) is 11.2. The van der Waals surface area contributed by atoms with Crippen LogP contribution in [0.5, 0.6) is 0 Å². The molecule has 0 aliphatic rings. The summed E-state index contributed by atoms with van der Waals surface area (Å²) in [7, 11) is 0. The second-order valence-corrected chi connectivity index (χ2v) is 5.14. The lowest BCUT2D eigenvalue weighted by Gasteiger charge is -2.04. The van der Waals surface area contributed by atoms with Crippen molar-refractivity contribution in [2.24, 2.45) is 5.92 Å². The van der Waals surface area contributed by atoms with Gasteiger partial charge in [0.05, 0.1) is 11.8 Å². The van der Waals surface area contributed by atoms with Gasteiger partial charge in [-0.1, -0.05) is 19.9 Å². The standard InChI is InChI=1S/C14H14F2N4/c1-8(2)7-20-14-11(6-17-20)18-13(19-14)12-9(15)4-3-5-10(12)16/h3-6,8H,7H2,1-2H3,(H,18,19). The number of nitrogens with one attached hydrogen (secondary N) is 1. The first-order valence-electron chi connectivity index (χ1n) is 6.42. The van der Waals surface area contributed by atoms with Gasteiger partial charge in [0.2, 0.25) is 0 Å². The molecule has 0 bridgehead atoms. The quantitative estimate of drug-likeness (QED) is 0.797. The molecule has 0 radical (unpaired) electrons. The molecular weight excluding hydrogens is 262 g/mol. The maximum Gasteiger partial charge on any atom is 0.176 e. The molecule has 2 aromatic heterocycles. The van der Waals surface area contributed by atoms with Gasteiger partial charge in [-0.25, -0.2) is 18.4 Å². The van der Waals surface area contributed by atoms with Gasteiger partial charge in [0.1, 0.15) is 23.0 Å². The SMILES string of the molecule is CC(C)Cn1ncc2[nH]c(-c3c(F)cccc3F)nc21. The van der Waals surface area contributed by atoms with Crippen LogP contribution in [0.15, 0.2) is 24.4 Å². The van der Waals surface area contributed by atoms with Crippen molar-refractivity contribution in [2.75, 3.05) is 0 Å². The van der Waals surface area contributed by atoms with Crippen molar-refractivity contribution in [3.63, 3.8) is 0 Å². The Labute approximate surface area is 114 Å². The fourth-order valence-corrected chi connectivity index (χ4v) is 2.17. The zero-order chi connectivity index (χ0) is 14.3. The van der Waals surface area contributed by atoms with Gasteiger partial charge in [-0.05, 0) is 18.1 Å². The Kier molecular flexibility index (Phi) is 3.00. The van der Waals surface area contributed by atoms with E-state index in [1.165, 1.54) is 18.2 Å². The second-order valence-electron chi connectivity index (χ2n) is 5.14. The van der Waals surface area contributed by atoms with Gasteiger partial charge in [-0.2, -0.15) is 5.10 Å². The third-order valence-corrected chi connectivity index (χ3v) is 3.02. The zero-order valence-corrected chi connectivity index (χ0v) is 11.2. The summed E-state index contributed by atoms with van der Waals surface area (Å²) in [5.74, 6) is -0.677. The van der Waals surface area contributed by atoms with E-state index in [1.807, 2.05) is 0 Å². The molecule has 0 fully saturated rings. The fourth-order valence-electron chi connectivity index (χ4n) is 2.17. The monoisotopic (exact) mass is 276 g/mol. The van der Waals surface area contributed by atoms with Crippen molar-refractivity contribution >= 4 is 11.2 Å². The van der Waals surface area contributed by atoms with E-state index in [9.17, 15) is 8.78 Å². The summed E-state index contributed by atoms with van der Waals surface area (Å²) in [5.41, 5.74) is 1.14. The molecular formula is C14H14F2N4. The van der Waals surface area contributed by atoms with E-state index in [4.69, 9.17) is 0 Å². The first-order valence-corrected chi connectivity index (χ1v) is 6.42. The van der Waals surface area contributed by atoms with Gasteiger partial charge in [-0.15, -0.1) is 0 Å². The predicted octanol–water partition coefficient (Wildman–Crippen LogP) is 3.36. The number of H-pyrrole nitrogens is 1. The van der Waals surface area contributed by atoms with E-state index in [1.54, 1.807) is 10.9 Å². The molecule has 20 heavy (non-hydrogen) atoms. The highest BCUT2D eigenvalue weighted by atomic mass is 19.1. The number of rotatable bonds is 3. The second kappa shape index (κ2) is 4.70. The van der Waals surface area contributed by atoms with Crippen molar-refractivity contribution in [3.05, 3.63) is 36.0 Å². The van der Waals surface area contributed by atoms with Gasteiger partial charge in [-0.3, -0.25) is 0 Å². The molecule has 104 valence electrons. The highest BCUT2D eigenvalue weighted by Gasteiger charge is 2.17. The molecule has 0 aliphatic carbocycles. The number of aromatic amines is 1. The van der Waals surface area contributed by atoms with Crippen LogP contribution >= 0.6 is 0 Å². The summed E-state index contributed by atoms with van der Waals surface area (Å²) < 4.78 is 29.3. The lowest BCUT2D eigenvalue weighted by Crippen LogP contribution is -2.06. The van der Waals surface area contributed by atoms with Crippen molar-refractivity contribution in [2.45, 2.75) is 20.4 Å². The Morgan fingerprint density at radius 2 is 1.95 bits per heavy atom. The first-order chi connectivity index (χ1) is 9.56. The molecule has 0 saturated heterocycles. The number of nitrogens with zero attached hydrogens (tertiary/aromatic N) is 3. The third kappa shape index (κ3) is 2.07. The molecule has 4 nitrogen and oxygen atoms in total. The summed E-state index contributed by atoms with van der Waals surface area (Å²) in [6.07, 6.45) is 1.62. The largest absolute Gasteiger partial charge is 0.335 e. The minimum atomic E-state index is -0.634. The molecule has 2 heterocycles. The van der Waals surface area contributed by atoms with E-state index in [0.29, 0.717) is 23.6 Å². The maximum absolute atomic E-state index is 13.8. The summed E-state index contributed by atoms with van der Waals surface area (Å²) in [6.45, 7) is 4.84. The Bertz CT molecular complexity index is 737. The van der Waals surface area contributed by atoms with Gasteiger partial charge in [0.25, 0.3) is 0 Å². The molecule has 3 aromatic rings. The summed E-state index contributed by atoms with van der Waals surface area (Å²) in [6, 6.07) is 3.76. The van der Waals surface area contributed by atoms with Crippen LogP contribution in [0.2, 0.25) is 0 Å². The van der Waals surface area contributed by atoms with Gasteiger partial charge in [0, 0.05) is 6.54 Å². The normalized spacial score (nSPS) is 11.7. The third-order valence-electron chi connectivity index (χ3n) is 3.02. The minimum absolute atomic E-state index is 0.139. The van der Waals surface area contributed by atoms with E-state index >= 15 is 0 Å². The van der Waals surface area contributed by atoms with Crippen molar-refractivity contribution in [1.82, 2.24) is 19.7 Å². The molecule has 1 N–H and O–H groups in total. The highest BCUT2D eigenvalue weighted by Crippen LogP contribution is 2.25. The lowest BCUT2D eigenvalue weighted by atomic mass is 10.2. The van der Waals surface area contributed by atoms with Crippen LogP contribution in [0, 0.1) is 17.6 Å².